The molecule has 100 valence electrons. The van der Waals surface area contributed by atoms with Crippen LogP contribution in [0.1, 0.15) is 0 Å². The molecular weight excluding hydrogens is 346 g/mol. The highest BCUT2D eigenvalue weighted by atomic mass is 79.9. The van der Waals surface area contributed by atoms with E-state index < -0.39 is 10.0 Å². The zero-order chi connectivity index (χ0) is 13.9. The van der Waals surface area contributed by atoms with E-state index in [1.165, 1.54) is 0 Å². The van der Waals surface area contributed by atoms with Crippen LogP contribution in [0, 0.1) is 0 Å². The van der Waals surface area contributed by atoms with Crippen molar-refractivity contribution in [2.75, 3.05) is 11.0 Å². The fourth-order valence-corrected chi connectivity index (χ4v) is 3.29. The Kier molecular flexibility index (Phi) is 4.54. The van der Waals surface area contributed by atoms with Crippen LogP contribution in [0.25, 0.3) is 0 Å². The van der Waals surface area contributed by atoms with Gasteiger partial charge in [0.05, 0.1) is 4.90 Å². The predicted octanol–water partition coefficient (Wildman–Crippen LogP) is 3.97. The second-order valence-electron chi connectivity index (χ2n) is 3.79. The molecule has 6 heteroatoms. The van der Waals surface area contributed by atoms with E-state index in [1.807, 2.05) is 18.4 Å². The Morgan fingerprint density at radius 2 is 1.79 bits per heavy atom. The van der Waals surface area contributed by atoms with Crippen LogP contribution in [-0.4, -0.2) is 14.7 Å². The average Bonchev–Trinajstić information content (AvgIpc) is 2.39. The van der Waals surface area contributed by atoms with E-state index >= 15 is 0 Å². The minimum absolute atomic E-state index is 0.241. The lowest BCUT2D eigenvalue weighted by atomic mass is 10.3. The molecule has 0 saturated carbocycles. The summed E-state index contributed by atoms with van der Waals surface area (Å²) in [7, 11) is -3.54. The maximum absolute atomic E-state index is 12.2. The van der Waals surface area contributed by atoms with E-state index in [2.05, 4.69) is 20.7 Å². The summed E-state index contributed by atoms with van der Waals surface area (Å²) >= 11 is 4.85. The lowest BCUT2D eigenvalue weighted by Crippen LogP contribution is -2.12. The number of benzene rings is 2. The molecule has 0 atom stereocenters. The molecule has 0 fully saturated rings. The second-order valence-corrected chi connectivity index (χ2v) is 7.27. The first-order valence-electron chi connectivity index (χ1n) is 5.44. The summed E-state index contributed by atoms with van der Waals surface area (Å²) in [4.78, 5) is 1.25. The molecule has 2 rings (SSSR count). The van der Waals surface area contributed by atoms with Crippen LogP contribution < -0.4 is 4.72 Å². The molecule has 0 amide bonds. The van der Waals surface area contributed by atoms with Crippen LogP contribution in [-0.2, 0) is 10.0 Å². The Balaban J connectivity index is 2.28. The van der Waals surface area contributed by atoms with Gasteiger partial charge in [-0.3, -0.25) is 4.72 Å². The second kappa shape index (κ2) is 5.98. The van der Waals surface area contributed by atoms with Gasteiger partial charge in [-0.1, -0.05) is 22.0 Å². The van der Waals surface area contributed by atoms with E-state index in [0.717, 1.165) is 9.37 Å². The van der Waals surface area contributed by atoms with Crippen LogP contribution in [0.2, 0.25) is 0 Å². The first-order valence-corrected chi connectivity index (χ1v) is 8.94. The van der Waals surface area contributed by atoms with Crippen molar-refractivity contribution in [2.24, 2.45) is 0 Å². The number of hydrogen-bond donors (Lipinski definition) is 1. The topological polar surface area (TPSA) is 46.2 Å². The van der Waals surface area contributed by atoms with Gasteiger partial charge in [0.15, 0.2) is 0 Å². The van der Waals surface area contributed by atoms with Gasteiger partial charge in [-0.2, -0.15) is 0 Å². The van der Waals surface area contributed by atoms with Crippen molar-refractivity contribution in [2.45, 2.75) is 9.79 Å². The summed E-state index contributed by atoms with van der Waals surface area (Å²) in [5, 5.41) is 0. The van der Waals surface area contributed by atoms with E-state index in [0.29, 0.717) is 5.69 Å². The quantitative estimate of drug-likeness (QED) is 0.842. The van der Waals surface area contributed by atoms with Gasteiger partial charge in [-0.15, -0.1) is 11.8 Å². The van der Waals surface area contributed by atoms with Crippen molar-refractivity contribution in [3.05, 3.63) is 53.0 Å². The Hall–Kier alpha value is -0.980. The molecule has 0 aliphatic heterocycles. The predicted molar refractivity (Wildman–Crippen MR) is 83.2 cm³/mol. The first kappa shape index (κ1) is 14.4. The van der Waals surface area contributed by atoms with Crippen molar-refractivity contribution in [1.82, 2.24) is 0 Å². The number of sulfonamides is 1. The largest absolute Gasteiger partial charge is 0.280 e. The molecule has 0 unspecified atom stereocenters. The number of nitrogens with one attached hydrogen (secondary N) is 1. The Bertz CT molecular complexity index is 669. The van der Waals surface area contributed by atoms with Gasteiger partial charge in [0.2, 0.25) is 0 Å². The van der Waals surface area contributed by atoms with Gasteiger partial charge in [0.1, 0.15) is 0 Å². The molecular formula is C13H12BrNO2S2. The number of anilines is 1. The minimum atomic E-state index is -3.54. The molecule has 0 aliphatic rings. The number of thioether (sulfide) groups is 1. The molecule has 19 heavy (non-hydrogen) atoms. The molecule has 0 saturated heterocycles. The molecule has 0 aliphatic carbocycles. The minimum Gasteiger partial charge on any atom is -0.280 e. The van der Waals surface area contributed by atoms with Crippen LogP contribution in [0.5, 0.6) is 0 Å². The van der Waals surface area contributed by atoms with E-state index in [1.54, 1.807) is 48.2 Å². The molecule has 3 nitrogen and oxygen atoms in total. The van der Waals surface area contributed by atoms with Gasteiger partial charge >= 0.3 is 0 Å². The summed E-state index contributed by atoms with van der Waals surface area (Å²) in [6.45, 7) is 0. The summed E-state index contributed by atoms with van der Waals surface area (Å²) in [6.07, 6.45) is 1.95. The van der Waals surface area contributed by atoms with E-state index in [9.17, 15) is 8.42 Å². The third kappa shape index (κ3) is 3.75. The average molecular weight is 358 g/mol. The highest BCUT2D eigenvalue weighted by Gasteiger charge is 2.13. The van der Waals surface area contributed by atoms with Crippen LogP contribution in [0.15, 0.2) is 62.8 Å². The maximum Gasteiger partial charge on any atom is 0.261 e. The molecule has 0 bridgehead atoms. The molecule has 1 N–H and O–H groups in total. The molecule has 0 spiro atoms. The third-order valence-corrected chi connectivity index (χ3v) is 5.10. The SMILES string of the molecule is CSc1cccc(NS(=O)(=O)c2ccc(Br)cc2)c1. The van der Waals surface area contributed by atoms with Crippen molar-refractivity contribution in [1.29, 1.82) is 0 Å². The fourth-order valence-electron chi connectivity index (χ4n) is 1.51. The van der Waals surface area contributed by atoms with Crippen LogP contribution in [0.4, 0.5) is 5.69 Å². The van der Waals surface area contributed by atoms with Crippen molar-refractivity contribution in [3.63, 3.8) is 0 Å². The summed E-state index contributed by atoms with van der Waals surface area (Å²) in [5.41, 5.74) is 0.565. The van der Waals surface area contributed by atoms with Crippen molar-refractivity contribution >= 4 is 43.4 Å². The Labute approximate surface area is 125 Å². The summed E-state index contributed by atoms with van der Waals surface area (Å²) in [6, 6.07) is 13.8. The van der Waals surface area contributed by atoms with Gasteiger partial charge < -0.3 is 0 Å². The number of rotatable bonds is 4. The van der Waals surface area contributed by atoms with Crippen molar-refractivity contribution < 1.29 is 8.42 Å². The standard InChI is InChI=1S/C13H12BrNO2S2/c1-18-12-4-2-3-11(9-12)15-19(16,17)13-7-5-10(14)6-8-13/h2-9,15H,1H3. The van der Waals surface area contributed by atoms with E-state index in [4.69, 9.17) is 0 Å². The monoisotopic (exact) mass is 357 g/mol. The molecule has 2 aromatic rings. The molecule has 2 aromatic carbocycles. The Morgan fingerprint density at radius 3 is 2.42 bits per heavy atom. The number of hydrogen-bond acceptors (Lipinski definition) is 3. The molecule has 0 aromatic heterocycles. The van der Waals surface area contributed by atoms with Crippen molar-refractivity contribution in [3.8, 4) is 0 Å². The first-order chi connectivity index (χ1) is 9.01. The highest BCUT2D eigenvalue weighted by Crippen LogP contribution is 2.22. The lowest BCUT2D eigenvalue weighted by molar-refractivity contribution is 0.601. The van der Waals surface area contributed by atoms with Gasteiger partial charge in [0.25, 0.3) is 10.0 Å². The van der Waals surface area contributed by atoms with Crippen LogP contribution in [0.3, 0.4) is 0 Å². The molecule has 0 heterocycles. The van der Waals surface area contributed by atoms with Gasteiger partial charge in [-0.25, -0.2) is 8.42 Å². The zero-order valence-corrected chi connectivity index (χ0v) is 13.3. The lowest BCUT2D eigenvalue weighted by Gasteiger charge is -2.09. The fraction of sp³-hybridized carbons (Fsp3) is 0.0769. The smallest absolute Gasteiger partial charge is 0.261 e. The van der Waals surface area contributed by atoms with Gasteiger partial charge in [-0.05, 0) is 48.7 Å². The van der Waals surface area contributed by atoms with E-state index in [-0.39, 0.29) is 4.90 Å². The molecule has 0 radical (unpaired) electrons. The third-order valence-electron chi connectivity index (χ3n) is 2.45. The normalized spacial score (nSPS) is 11.3. The zero-order valence-electron chi connectivity index (χ0n) is 10.1. The maximum atomic E-state index is 12.2. The van der Waals surface area contributed by atoms with Crippen LogP contribution >= 0.6 is 27.7 Å². The number of halogens is 1. The highest BCUT2D eigenvalue weighted by molar-refractivity contribution is 9.10. The Morgan fingerprint density at radius 1 is 1.11 bits per heavy atom. The summed E-state index contributed by atoms with van der Waals surface area (Å²) in [5.74, 6) is 0. The van der Waals surface area contributed by atoms with Gasteiger partial charge in [0, 0.05) is 15.1 Å². The summed E-state index contributed by atoms with van der Waals surface area (Å²) < 4.78 is 27.8.